The summed E-state index contributed by atoms with van der Waals surface area (Å²) in [6.45, 7) is 3.54. The van der Waals surface area contributed by atoms with E-state index in [4.69, 9.17) is 10.5 Å². The fraction of sp³-hybridized carbons (Fsp3) is 0.778. The maximum Gasteiger partial charge on any atom is 0.134 e. The van der Waals surface area contributed by atoms with E-state index >= 15 is 0 Å². The van der Waals surface area contributed by atoms with E-state index in [1.165, 1.54) is 0 Å². The third kappa shape index (κ3) is 3.24. The van der Waals surface area contributed by atoms with Crippen LogP contribution >= 0.6 is 10.4 Å². The highest BCUT2D eigenvalue weighted by molar-refractivity contribution is 8.29. The van der Waals surface area contributed by atoms with Crippen LogP contribution in [0.3, 0.4) is 0 Å². The fourth-order valence-corrected chi connectivity index (χ4v) is 1.37. The number of hydrogen-bond acceptors (Lipinski definition) is 2. The molecular formula is C9H15FN2S. The van der Waals surface area contributed by atoms with Gasteiger partial charge in [-0.15, -0.1) is 0 Å². The minimum Gasteiger partial charge on any atom is -0.197 e. The van der Waals surface area contributed by atoms with E-state index in [0.717, 1.165) is 0 Å². The summed E-state index contributed by atoms with van der Waals surface area (Å²) in [6.07, 6.45) is 3.41. The van der Waals surface area contributed by atoms with Gasteiger partial charge in [0.25, 0.3) is 0 Å². The SMILES string of the molecule is CC(C)(CC(C#N)C#N)S(C)(C)F. The highest BCUT2D eigenvalue weighted by Crippen LogP contribution is 2.56. The van der Waals surface area contributed by atoms with Crippen LogP contribution in [0.15, 0.2) is 0 Å². The lowest BCUT2D eigenvalue weighted by Crippen LogP contribution is -2.27. The first kappa shape index (κ1) is 12.3. The lowest BCUT2D eigenvalue weighted by Gasteiger charge is -2.39. The summed E-state index contributed by atoms with van der Waals surface area (Å²) in [6, 6.07) is 3.73. The molecule has 0 aliphatic carbocycles. The summed E-state index contributed by atoms with van der Waals surface area (Å²) >= 11 is 0. The van der Waals surface area contributed by atoms with Crippen molar-refractivity contribution in [3.8, 4) is 12.1 Å². The second kappa shape index (κ2) is 3.98. The van der Waals surface area contributed by atoms with Crippen molar-refractivity contribution in [1.29, 1.82) is 10.5 Å². The van der Waals surface area contributed by atoms with Gasteiger partial charge in [0.1, 0.15) is 5.92 Å². The van der Waals surface area contributed by atoms with Gasteiger partial charge in [0.15, 0.2) is 0 Å². The number of nitriles is 2. The van der Waals surface area contributed by atoms with E-state index in [1.54, 1.807) is 26.4 Å². The van der Waals surface area contributed by atoms with Gasteiger partial charge in [-0.1, -0.05) is 10.4 Å². The first-order valence-corrected chi connectivity index (χ1v) is 6.31. The Bertz CT molecular complexity index is 240. The van der Waals surface area contributed by atoms with E-state index in [0.29, 0.717) is 6.42 Å². The van der Waals surface area contributed by atoms with Crippen LogP contribution in [0.5, 0.6) is 0 Å². The molecule has 0 bridgehead atoms. The second-order valence-electron chi connectivity index (χ2n) is 3.98. The second-order valence-corrected chi connectivity index (χ2v) is 7.49. The van der Waals surface area contributed by atoms with Crippen LogP contribution in [0.2, 0.25) is 0 Å². The Morgan fingerprint density at radius 2 is 1.69 bits per heavy atom. The van der Waals surface area contributed by atoms with Crippen molar-refractivity contribution >= 4 is 10.4 Å². The molecule has 0 unspecified atom stereocenters. The summed E-state index contributed by atoms with van der Waals surface area (Å²) in [5.74, 6) is -0.697. The van der Waals surface area contributed by atoms with Crippen molar-refractivity contribution in [3.63, 3.8) is 0 Å². The molecule has 0 aliphatic rings. The van der Waals surface area contributed by atoms with Crippen LogP contribution in [-0.2, 0) is 0 Å². The molecule has 0 saturated carbocycles. The van der Waals surface area contributed by atoms with Gasteiger partial charge in [0.05, 0.1) is 12.1 Å². The summed E-state index contributed by atoms with van der Waals surface area (Å²) in [5.41, 5.74) is 0. The van der Waals surface area contributed by atoms with Crippen molar-refractivity contribution < 1.29 is 3.89 Å². The molecule has 0 atom stereocenters. The molecule has 74 valence electrons. The van der Waals surface area contributed by atoms with E-state index in [2.05, 4.69) is 0 Å². The van der Waals surface area contributed by atoms with E-state index < -0.39 is 21.1 Å². The lowest BCUT2D eigenvalue weighted by atomic mass is 9.99. The molecule has 0 aliphatic heterocycles. The molecule has 0 radical (unpaired) electrons. The number of hydrogen-bond donors (Lipinski definition) is 0. The fourth-order valence-electron chi connectivity index (χ4n) is 0.810. The molecule has 0 spiro atoms. The van der Waals surface area contributed by atoms with Gasteiger partial charge in [-0.3, -0.25) is 0 Å². The largest absolute Gasteiger partial charge is 0.197 e. The zero-order chi connectivity index (χ0) is 10.7. The number of nitrogens with zero attached hydrogens (tertiary/aromatic N) is 2. The predicted molar refractivity (Wildman–Crippen MR) is 54.0 cm³/mol. The Morgan fingerprint density at radius 3 is 1.92 bits per heavy atom. The van der Waals surface area contributed by atoms with E-state index in [-0.39, 0.29) is 0 Å². The van der Waals surface area contributed by atoms with Gasteiger partial charge in [0.2, 0.25) is 0 Å². The molecule has 4 heteroatoms. The van der Waals surface area contributed by atoms with Crippen molar-refractivity contribution in [2.75, 3.05) is 12.5 Å². The van der Waals surface area contributed by atoms with Crippen molar-refractivity contribution in [2.24, 2.45) is 5.92 Å². The summed E-state index contributed by atoms with van der Waals surface area (Å²) in [5, 5.41) is 17.1. The van der Waals surface area contributed by atoms with Crippen molar-refractivity contribution in [2.45, 2.75) is 25.0 Å². The molecular weight excluding hydrogens is 187 g/mol. The predicted octanol–water partition coefficient (Wildman–Crippen LogP) is 2.77. The zero-order valence-electron chi connectivity index (χ0n) is 8.47. The Labute approximate surface area is 81.0 Å². The Balaban J connectivity index is 4.55. The third-order valence-corrected chi connectivity index (χ3v) is 5.12. The number of halogens is 1. The maximum absolute atomic E-state index is 13.7. The highest BCUT2D eigenvalue weighted by Gasteiger charge is 2.35. The first-order chi connectivity index (χ1) is 5.74. The van der Waals surface area contributed by atoms with Crippen molar-refractivity contribution in [1.82, 2.24) is 0 Å². The quantitative estimate of drug-likeness (QED) is 0.706. The number of rotatable bonds is 3. The topological polar surface area (TPSA) is 47.6 Å². The van der Waals surface area contributed by atoms with Gasteiger partial charge in [-0.25, -0.2) is 0 Å². The Hall–Kier alpha value is -0.740. The minimum atomic E-state index is -2.22. The molecule has 0 aromatic heterocycles. The molecule has 13 heavy (non-hydrogen) atoms. The lowest BCUT2D eigenvalue weighted by molar-refractivity contribution is 0.566. The van der Waals surface area contributed by atoms with Crippen LogP contribution in [-0.4, -0.2) is 17.3 Å². The summed E-state index contributed by atoms with van der Waals surface area (Å²) in [7, 11) is -2.22. The standard InChI is InChI=1S/C9H15FN2S/c1-9(2,13(3,4)10)5-8(6-11)7-12/h8H,5H2,1-4H3. The van der Waals surface area contributed by atoms with Gasteiger partial charge < -0.3 is 0 Å². The molecule has 0 rings (SSSR count). The van der Waals surface area contributed by atoms with Crippen LogP contribution < -0.4 is 0 Å². The minimum absolute atomic E-state index is 0.304. The van der Waals surface area contributed by atoms with Crippen LogP contribution in [0.4, 0.5) is 3.89 Å². The third-order valence-electron chi connectivity index (χ3n) is 2.32. The van der Waals surface area contributed by atoms with Gasteiger partial charge >= 0.3 is 0 Å². The van der Waals surface area contributed by atoms with Crippen LogP contribution in [0.1, 0.15) is 20.3 Å². The average Bonchev–Trinajstić information content (AvgIpc) is 1.98. The van der Waals surface area contributed by atoms with E-state index in [1.807, 2.05) is 12.1 Å². The molecule has 0 fully saturated rings. The normalized spacial score (nSPS) is 13.5. The summed E-state index contributed by atoms with van der Waals surface area (Å²) < 4.78 is 13.1. The Kier molecular flexibility index (Phi) is 3.75. The van der Waals surface area contributed by atoms with E-state index in [9.17, 15) is 3.89 Å². The van der Waals surface area contributed by atoms with Gasteiger partial charge in [0, 0.05) is 4.75 Å². The highest BCUT2D eigenvalue weighted by atomic mass is 32.3. The molecule has 0 amide bonds. The average molecular weight is 202 g/mol. The van der Waals surface area contributed by atoms with Crippen LogP contribution in [0, 0.1) is 28.6 Å². The summed E-state index contributed by atoms with van der Waals surface area (Å²) in [4.78, 5) is 0. The molecule has 0 N–H and O–H groups in total. The molecule has 0 heterocycles. The molecule has 0 saturated heterocycles. The van der Waals surface area contributed by atoms with Gasteiger partial charge in [-0.2, -0.15) is 14.4 Å². The maximum atomic E-state index is 13.7. The zero-order valence-corrected chi connectivity index (χ0v) is 9.28. The van der Waals surface area contributed by atoms with Gasteiger partial charge in [-0.05, 0) is 32.8 Å². The Morgan fingerprint density at radius 1 is 1.31 bits per heavy atom. The molecule has 2 nitrogen and oxygen atoms in total. The molecule has 0 aromatic rings. The van der Waals surface area contributed by atoms with Crippen molar-refractivity contribution in [3.05, 3.63) is 0 Å². The smallest absolute Gasteiger partial charge is 0.134 e. The van der Waals surface area contributed by atoms with Crippen LogP contribution in [0.25, 0.3) is 0 Å². The first-order valence-electron chi connectivity index (χ1n) is 3.96. The molecule has 0 aromatic carbocycles. The monoisotopic (exact) mass is 202 g/mol.